The molecular weight excluding hydrogens is 262 g/mol. The van der Waals surface area contributed by atoms with E-state index in [4.69, 9.17) is 4.74 Å². The van der Waals surface area contributed by atoms with Gasteiger partial charge in [0.05, 0.1) is 18.4 Å². The van der Waals surface area contributed by atoms with Crippen LogP contribution in [-0.4, -0.2) is 47.5 Å². The zero-order valence-corrected chi connectivity index (χ0v) is 12.1. The zero-order chi connectivity index (χ0) is 15.1. The number of carbonyl (C=O) groups excluding carboxylic acids is 2. The molecule has 0 heterocycles. The van der Waals surface area contributed by atoms with Crippen molar-refractivity contribution < 1.29 is 24.2 Å². The first-order chi connectivity index (χ1) is 9.51. The monoisotopic (exact) mass is 285 g/mol. The highest BCUT2D eigenvalue weighted by Gasteiger charge is 2.37. The molecule has 6 nitrogen and oxygen atoms in total. The van der Waals surface area contributed by atoms with Crippen LogP contribution in [0.15, 0.2) is 0 Å². The quantitative estimate of drug-likeness (QED) is 0.743. The van der Waals surface area contributed by atoms with Crippen molar-refractivity contribution in [2.24, 2.45) is 11.8 Å². The summed E-state index contributed by atoms with van der Waals surface area (Å²) in [5.41, 5.74) is 0. The fraction of sp³-hybridized carbons (Fsp3) is 0.786. The molecule has 0 saturated heterocycles. The lowest BCUT2D eigenvalue weighted by molar-refractivity contribution is -0.155. The lowest BCUT2D eigenvalue weighted by Gasteiger charge is -2.31. The molecule has 0 aromatic rings. The van der Waals surface area contributed by atoms with Crippen LogP contribution >= 0.6 is 0 Å². The maximum atomic E-state index is 12.4. The van der Waals surface area contributed by atoms with Gasteiger partial charge in [-0.15, -0.1) is 0 Å². The van der Waals surface area contributed by atoms with Gasteiger partial charge in [-0.05, 0) is 26.7 Å². The fourth-order valence-corrected chi connectivity index (χ4v) is 2.66. The SMILES string of the molecule is CCOC(=O)CN(CC)C(=O)C1CCCCC1C(=O)O. The van der Waals surface area contributed by atoms with Crippen molar-refractivity contribution in [2.45, 2.75) is 39.5 Å². The van der Waals surface area contributed by atoms with Gasteiger partial charge in [0.25, 0.3) is 0 Å². The van der Waals surface area contributed by atoms with Crippen molar-refractivity contribution >= 4 is 17.8 Å². The van der Waals surface area contributed by atoms with Crippen LogP contribution in [0.1, 0.15) is 39.5 Å². The molecule has 1 N–H and O–H groups in total. The van der Waals surface area contributed by atoms with E-state index in [0.29, 0.717) is 19.4 Å². The highest BCUT2D eigenvalue weighted by molar-refractivity contribution is 5.87. The number of hydrogen-bond acceptors (Lipinski definition) is 4. The van der Waals surface area contributed by atoms with Gasteiger partial charge in [-0.25, -0.2) is 0 Å². The molecule has 1 fully saturated rings. The van der Waals surface area contributed by atoms with Crippen LogP contribution in [0.2, 0.25) is 0 Å². The highest BCUT2D eigenvalue weighted by atomic mass is 16.5. The summed E-state index contributed by atoms with van der Waals surface area (Å²) in [5.74, 6) is -2.77. The fourth-order valence-electron chi connectivity index (χ4n) is 2.66. The Morgan fingerprint density at radius 3 is 2.25 bits per heavy atom. The first-order valence-corrected chi connectivity index (χ1v) is 7.18. The van der Waals surface area contributed by atoms with Gasteiger partial charge in [-0.1, -0.05) is 12.8 Å². The molecule has 1 saturated carbocycles. The highest BCUT2D eigenvalue weighted by Crippen LogP contribution is 2.31. The number of rotatable bonds is 6. The Hall–Kier alpha value is -1.59. The molecule has 1 amide bonds. The number of ether oxygens (including phenoxy) is 1. The van der Waals surface area contributed by atoms with Crippen molar-refractivity contribution in [1.29, 1.82) is 0 Å². The molecule has 0 spiro atoms. The molecule has 0 aromatic carbocycles. The molecule has 2 unspecified atom stereocenters. The Bertz CT molecular complexity index is 369. The third-order valence-electron chi connectivity index (χ3n) is 3.72. The van der Waals surface area contributed by atoms with Crippen LogP contribution in [-0.2, 0) is 19.1 Å². The van der Waals surface area contributed by atoms with Crippen molar-refractivity contribution in [3.8, 4) is 0 Å². The summed E-state index contributed by atoms with van der Waals surface area (Å²) in [6.07, 6.45) is 2.81. The maximum absolute atomic E-state index is 12.4. The number of hydrogen-bond donors (Lipinski definition) is 1. The van der Waals surface area contributed by atoms with Gasteiger partial charge in [0.15, 0.2) is 0 Å². The lowest BCUT2D eigenvalue weighted by atomic mass is 9.78. The van der Waals surface area contributed by atoms with E-state index in [1.165, 1.54) is 4.90 Å². The Labute approximate surface area is 119 Å². The average Bonchev–Trinajstić information content (AvgIpc) is 2.44. The molecular formula is C14H23NO5. The molecule has 114 valence electrons. The molecule has 0 radical (unpaired) electrons. The van der Waals surface area contributed by atoms with E-state index in [-0.39, 0.29) is 19.1 Å². The second-order valence-corrected chi connectivity index (χ2v) is 4.99. The summed E-state index contributed by atoms with van der Waals surface area (Å²) in [6, 6.07) is 0. The lowest BCUT2D eigenvalue weighted by Crippen LogP contribution is -2.44. The maximum Gasteiger partial charge on any atom is 0.325 e. The molecule has 2 atom stereocenters. The van der Waals surface area contributed by atoms with Gasteiger partial charge >= 0.3 is 11.9 Å². The molecule has 1 aliphatic rings. The van der Waals surface area contributed by atoms with Crippen molar-refractivity contribution in [3.63, 3.8) is 0 Å². The predicted octanol–water partition coefficient (Wildman–Crippen LogP) is 1.29. The Morgan fingerprint density at radius 2 is 1.75 bits per heavy atom. The van der Waals surface area contributed by atoms with Crippen molar-refractivity contribution in [2.75, 3.05) is 19.7 Å². The molecule has 6 heteroatoms. The van der Waals surface area contributed by atoms with Crippen LogP contribution < -0.4 is 0 Å². The Kier molecular flexibility index (Phi) is 6.48. The van der Waals surface area contributed by atoms with E-state index >= 15 is 0 Å². The number of carboxylic acid groups (broad SMARTS) is 1. The second-order valence-electron chi connectivity index (χ2n) is 4.99. The third-order valence-corrected chi connectivity index (χ3v) is 3.72. The summed E-state index contributed by atoms with van der Waals surface area (Å²) in [4.78, 5) is 36.6. The van der Waals surface area contributed by atoms with Crippen molar-refractivity contribution in [1.82, 2.24) is 4.90 Å². The zero-order valence-electron chi connectivity index (χ0n) is 12.1. The molecule has 0 bridgehead atoms. The smallest absolute Gasteiger partial charge is 0.325 e. The van der Waals surface area contributed by atoms with Crippen molar-refractivity contribution in [3.05, 3.63) is 0 Å². The summed E-state index contributed by atoms with van der Waals surface area (Å²) < 4.78 is 4.84. The van der Waals surface area contributed by atoms with Crippen LogP contribution in [0.4, 0.5) is 0 Å². The summed E-state index contributed by atoms with van der Waals surface area (Å²) in [5, 5.41) is 9.22. The Balaban J connectivity index is 2.72. The van der Waals surface area contributed by atoms with E-state index in [1.807, 2.05) is 0 Å². The number of amides is 1. The largest absolute Gasteiger partial charge is 0.481 e. The van der Waals surface area contributed by atoms with E-state index in [9.17, 15) is 19.5 Å². The van der Waals surface area contributed by atoms with E-state index in [1.54, 1.807) is 13.8 Å². The predicted molar refractivity (Wildman–Crippen MR) is 72.0 cm³/mol. The van der Waals surface area contributed by atoms with Crippen LogP contribution in [0.5, 0.6) is 0 Å². The molecule has 0 aliphatic heterocycles. The van der Waals surface area contributed by atoms with Gasteiger partial charge in [0.2, 0.25) is 5.91 Å². The number of aliphatic carboxylic acids is 1. The Morgan fingerprint density at radius 1 is 1.15 bits per heavy atom. The van der Waals surface area contributed by atoms with E-state index in [0.717, 1.165) is 12.8 Å². The summed E-state index contributed by atoms with van der Waals surface area (Å²) >= 11 is 0. The number of carboxylic acids is 1. The van der Waals surface area contributed by atoms with Gasteiger partial charge in [0, 0.05) is 6.54 Å². The standard InChI is InChI=1S/C14H23NO5/c1-3-15(9-12(16)20-4-2)13(17)10-7-5-6-8-11(10)14(18)19/h10-11H,3-9H2,1-2H3,(H,18,19). The minimum Gasteiger partial charge on any atom is -0.481 e. The topological polar surface area (TPSA) is 83.9 Å². The van der Waals surface area contributed by atoms with Gasteiger partial charge in [0.1, 0.15) is 6.54 Å². The summed E-state index contributed by atoms with van der Waals surface area (Å²) in [6.45, 7) is 4.02. The summed E-state index contributed by atoms with van der Waals surface area (Å²) in [7, 11) is 0. The van der Waals surface area contributed by atoms with Crippen LogP contribution in [0.25, 0.3) is 0 Å². The van der Waals surface area contributed by atoms with Gasteiger partial charge < -0.3 is 14.7 Å². The first kappa shape index (κ1) is 16.5. The molecule has 0 aromatic heterocycles. The van der Waals surface area contributed by atoms with Gasteiger partial charge in [-0.3, -0.25) is 14.4 Å². The third kappa shape index (κ3) is 4.21. The number of esters is 1. The van der Waals surface area contributed by atoms with E-state index in [2.05, 4.69) is 0 Å². The number of carbonyl (C=O) groups is 3. The molecule has 20 heavy (non-hydrogen) atoms. The van der Waals surface area contributed by atoms with Crippen LogP contribution in [0.3, 0.4) is 0 Å². The van der Waals surface area contributed by atoms with Gasteiger partial charge in [-0.2, -0.15) is 0 Å². The normalized spacial score (nSPS) is 22.1. The minimum absolute atomic E-state index is 0.105. The average molecular weight is 285 g/mol. The van der Waals surface area contributed by atoms with Crippen LogP contribution in [0, 0.1) is 11.8 Å². The number of likely N-dealkylation sites (N-methyl/N-ethyl adjacent to an activating group) is 1. The first-order valence-electron chi connectivity index (χ1n) is 7.18. The second kappa shape index (κ2) is 7.87. The van der Waals surface area contributed by atoms with E-state index < -0.39 is 23.8 Å². The molecule has 1 aliphatic carbocycles. The number of nitrogens with zero attached hydrogens (tertiary/aromatic N) is 1. The minimum atomic E-state index is -0.921. The molecule has 1 rings (SSSR count).